The van der Waals surface area contributed by atoms with Crippen LogP contribution in [0.4, 0.5) is 0 Å². The molecule has 0 aliphatic carbocycles. The smallest absolute Gasteiger partial charge is 0.255 e. The topological polar surface area (TPSA) is 69.4 Å². The molecule has 4 nitrogen and oxygen atoms in total. The zero-order chi connectivity index (χ0) is 12.1. The number of carbonyl (C=O) groups is 2. The van der Waals surface area contributed by atoms with Gasteiger partial charge in [-0.25, -0.2) is 0 Å². The largest absolute Gasteiger partial charge is 0.483 e. The standard InChI is InChI=1S/C11H12ClNO3/c1-2-9(14)8-5-7(12)3-4-10(8)16-6-11(13)15/h3-5H,2,6H2,1H3,(H2,13,15). The lowest BCUT2D eigenvalue weighted by molar-refractivity contribution is -0.119. The van der Waals surface area contributed by atoms with Crippen LogP contribution in [0, 0.1) is 0 Å². The van der Waals surface area contributed by atoms with E-state index in [0.29, 0.717) is 22.8 Å². The molecule has 0 unspecified atom stereocenters. The first-order valence-corrected chi connectivity index (χ1v) is 5.16. The van der Waals surface area contributed by atoms with Gasteiger partial charge in [-0.2, -0.15) is 0 Å². The van der Waals surface area contributed by atoms with Gasteiger partial charge < -0.3 is 10.5 Å². The lowest BCUT2D eigenvalue weighted by Crippen LogP contribution is -2.20. The van der Waals surface area contributed by atoms with Gasteiger partial charge in [0.1, 0.15) is 5.75 Å². The van der Waals surface area contributed by atoms with Gasteiger partial charge in [0.25, 0.3) is 5.91 Å². The molecule has 0 fully saturated rings. The molecule has 0 saturated heterocycles. The summed E-state index contributed by atoms with van der Waals surface area (Å²) in [6.07, 6.45) is 0.341. The number of ether oxygens (including phenoxy) is 1. The quantitative estimate of drug-likeness (QED) is 0.799. The number of halogens is 1. The molecule has 0 spiro atoms. The average Bonchev–Trinajstić information content (AvgIpc) is 2.26. The van der Waals surface area contributed by atoms with E-state index >= 15 is 0 Å². The van der Waals surface area contributed by atoms with E-state index in [4.69, 9.17) is 22.1 Å². The number of nitrogens with two attached hydrogens (primary N) is 1. The minimum atomic E-state index is -0.593. The van der Waals surface area contributed by atoms with Gasteiger partial charge in [0.15, 0.2) is 12.4 Å². The van der Waals surface area contributed by atoms with Crippen LogP contribution in [0.5, 0.6) is 5.75 Å². The van der Waals surface area contributed by atoms with E-state index in [0.717, 1.165) is 0 Å². The molecule has 0 heterocycles. The number of rotatable bonds is 5. The second kappa shape index (κ2) is 5.51. The molecular weight excluding hydrogens is 230 g/mol. The minimum absolute atomic E-state index is 0.0954. The highest BCUT2D eigenvalue weighted by Crippen LogP contribution is 2.24. The Morgan fingerprint density at radius 1 is 1.44 bits per heavy atom. The van der Waals surface area contributed by atoms with Gasteiger partial charge in [-0.3, -0.25) is 9.59 Å². The molecule has 0 aliphatic rings. The van der Waals surface area contributed by atoms with Gasteiger partial charge in [-0.15, -0.1) is 0 Å². The van der Waals surface area contributed by atoms with E-state index < -0.39 is 5.91 Å². The number of benzene rings is 1. The van der Waals surface area contributed by atoms with Crippen molar-refractivity contribution in [2.45, 2.75) is 13.3 Å². The van der Waals surface area contributed by atoms with Crippen molar-refractivity contribution in [2.75, 3.05) is 6.61 Å². The van der Waals surface area contributed by atoms with Gasteiger partial charge in [0.2, 0.25) is 0 Å². The Bertz CT molecular complexity index is 418. The Balaban J connectivity index is 2.98. The number of carbonyl (C=O) groups excluding carboxylic acids is 2. The van der Waals surface area contributed by atoms with Crippen molar-refractivity contribution in [2.24, 2.45) is 5.73 Å². The molecule has 0 saturated carbocycles. The predicted octanol–water partition coefficient (Wildman–Crippen LogP) is 1.80. The summed E-state index contributed by atoms with van der Waals surface area (Å²) < 4.78 is 5.12. The van der Waals surface area contributed by atoms with E-state index in [1.807, 2.05) is 0 Å². The van der Waals surface area contributed by atoms with Crippen LogP contribution in [0.3, 0.4) is 0 Å². The average molecular weight is 242 g/mol. The molecule has 0 aliphatic heterocycles. The first-order valence-electron chi connectivity index (χ1n) is 4.78. The van der Waals surface area contributed by atoms with Gasteiger partial charge in [-0.1, -0.05) is 18.5 Å². The Labute approximate surface area is 98.3 Å². The Kier molecular flexibility index (Phi) is 4.31. The van der Waals surface area contributed by atoms with E-state index in [9.17, 15) is 9.59 Å². The molecule has 16 heavy (non-hydrogen) atoms. The van der Waals surface area contributed by atoms with E-state index in [1.54, 1.807) is 19.1 Å². The maximum atomic E-state index is 11.6. The third-order valence-electron chi connectivity index (χ3n) is 1.93. The van der Waals surface area contributed by atoms with Gasteiger partial charge in [0.05, 0.1) is 5.56 Å². The van der Waals surface area contributed by atoms with Crippen molar-refractivity contribution in [3.63, 3.8) is 0 Å². The van der Waals surface area contributed by atoms with Crippen LogP contribution in [-0.4, -0.2) is 18.3 Å². The predicted molar refractivity (Wildman–Crippen MR) is 60.8 cm³/mol. The fraction of sp³-hybridized carbons (Fsp3) is 0.273. The molecule has 0 radical (unpaired) electrons. The maximum absolute atomic E-state index is 11.6. The second-order valence-electron chi connectivity index (χ2n) is 3.17. The summed E-state index contributed by atoms with van der Waals surface area (Å²) >= 11 is 5.78. The number of primary amides is 1. The van der Waals surface area contributed by atoms with Gasteiger partial charge in [0, 0.05) is 11.4 Å². The molecule has 1 rings (SSSR count). The molecule has 2 N–H and O–H groups in total. The second-order valence-corrected chi connectivity index (χ2v) is 3.61. The monoisotopic (exact) mass is 241 g/mol. The maximum Gasteiger partial charge on any atom is 0.255 e. The van der Waals surface area contributed by atoms with Gasteiger partial charge >= 0.3 is 0 Å². The lowest BCUT2D eigenvalue weighted by atomic mass is 10.1. The fourth-order valence-corrected chi connectivity index (χ4v) is 1.36. The van der Waals surface area contributed by atoms with Crippen molar-refractivity contribution in [3.8, 4) is 5.75 Å². The first-order chi connectivity index (χ1) is 7.54. The lowest BCUT2D eigenvalue weighted by Gasteiger charge is -2.09. The van der Waals surface area contributed by atoms with E-state index in [-0.39, 0.29) is 12.4 Å². The van der Waals surface area contributed by atoms with Gasteiger partial charge in [-0.05, 0) is 18.2 Å². The summed E-state index contributed by atoms with van der Waals surface area (Å²) in [6.45, 7) is 1.48. The number of ketones is 1. The fourth-order valence-electron chi connectivity index (χ4n) is 1.19. The summed E-state index contributed by atoms with van der Waals surface area (Å²) in [6, 6.07) is 4.65. The van der Waals surface area contributed by atoms with Crippen molar-refractivity contribution >= 4 is 23.3 Å². The highest BCUT2D eigenvalue weighted by molar-refractivity contribution is 6.31. The van der Waals surface area contributed by atoms with E-state index in [1.165, 1.54) is 6.07 Å². The summed E-state index contributed by atoms with van der Waals surface area (Å²) in [5.74, 6) is -0.359. The summed E-state index contributed by atoms with van der Waals surface area (Å²) in [5, 5.41) is 0.447. The molecule has 1 amide bonds. The SMILES string of the molecule is CCC(=O)c1cc(Cl)ccc1OCC(N)=O. The highest BCUT2D eigenvalue weighted by atomic mass is 35.5. The van der Waals surface area contributed by atoms with Crippen LogP contribution in [-0.2, 0) is 4.79 Å². The zero-order valence-electron chi connectivity index (χ0n) is 8.83. The normalized spacial score (nSPS) is 9.88. The Morgan fingerprint density at radius 2 is 2.12 bits per heavy atom. The minimum Gasteiger partial charge on any atom is -0.483 e. The molecule has 0 bridgehead atoms. The zero-order valence-corrected chi connectivity index (χ0v) is 9.58. The number of Topliss-reactive ketones (excluding diaryl/α,β-unsaturated/α-hetero) is 1. The third kappa shape index (κ3) is 3.24. The molecule has 0 atom stereocenters. The summed E-state index contributed by atoms with van der Waals surface area (Å²) in [4.78, 5) is 22.2. The Morgan fingerprint density at radius 3 is 2.69 bits per heavy atom. The molecule has 1 aromatic rings. The number of hydrogen-bond acceptors (Lipinski definition) is 3. The van der Waals surface area contributed by atoms with Crippen LogP contribution in [0.2, 0.25) is 5.02 Å². The molecule has 5 heteroatoms. The van der Waals surface area contributed by atoms with Crippen LogP contribution >= 0.6 is 11.6 Å². The van der Waals surface area contributed by atoms with Crippen LogP contribution in [0.15, 0.2) is 18.2 Å². The Hall–Kier alpha value is -1.55. The van der Waals surface area contributed by atoms with Crippen molar-refractivity contribution in [3.05, 3.63) is 28.8 Å². The summed E-state index contributed by atoms with van der Waals surface area (Å²) in [7, 11) is 0. The molecule has 86 valence electrons. The van der Waals surface area contributed by atoms with Crippen LogP contribution in [0.1, 0.15) is 23.7 Å². The number of amides is 1. The van der Waals surface area contributed by atoms with Crippen molar-refractivity contribution in [1.29, 1.82) is 0 Å². The molecule has 1 aromatic carbocycles. The first kappa shape index (κ1) is 12.5. The molecule has 0 aromatic heterocycles. The highest BCUT2D eigenvalue weighted by Gasteiger charge is 2.12. The van der Waals surface area contributed by atoms with Crippen LogP contribution in [0.25, 0.3) is 0 Å². The summed E-state index contributed by atoms with van der Waals surface area (Å²) in [5.41, 5.74) is 5.33. The van der Waals surface area contributed by atoms with Crippen LogP contribution < -0.4 is 10.5 Å². The third-order valence-corrected chi connectivity index (χ3v) is 2.17. The van der Waals surface area contributed by atoms with Crippen molar-refractivity contribution < 1.29 is 14.3 Å². The van der Waals surface area contributed by atoms with E-state index in [2.05, 4.69) is 0 Å². The molecular formula is C11H12ClNO3. The van der Waals surface area contributed by atoms with Crippen molar-refractivity contribution in [1.82, 2.24) is 0 Å². The number of hydrogen-bond donors (Lipinski definition) is 1.